The molecule has 2 N–H and O–H groups in total. The van der Waals surface area contributed by atoms with Gasteiger partial charge in [-0.2, -0.15) is 0 Å². The summed E-state index contributed by atoms with van der Waals surface area (Å²) in [5.74, 6) is 0.582. The van der Waals surface area contributed by atoms with Crippen molar-refractivity contribution in [1.29, 1.82) is 0 Å². The van der Waals surface area contributed by atoms with Gasteiger partial charge in [-0.1, -0.05) is 6.07 Å². The van der Waals surface area contributed by atoms with Crippen molar-refractivity contribution < 1.29 is 4.74 Å². The number of nitrogens with two attached hydrogens (primary N) is 1. The van der Waals surface area contributed by atoms with Crippen LogP contribution in [0.25, 0.3) is 0 Å². The first-order valence-electron chi connectivity index (χ1n) is 5.90. The lowest BCUT2D eigenvalue weighted by molar-refractivity contribution is 0.0675. The summed E-state index contributed by atoms with van der Waals surface area (Å²) in [5.41, 5.74) is 9.34. The largest absolute Gasteiger partial charge is 0.378 e. The van der Waals surface area contributed by atoms with E-state index in [1.54, 1.807) is 0 Å². The summed E-state index contributed by atoms with van der Waals surface area (Å²) < 4.78 is 5.29. The quantitative estimate of drug-likeness (QED) is 0.592. The molecule has 0 unspecified atom stereocenters. The van der Waals surface area contributed by atoms with Gasteiger partial charge in [0, 0.05) is 13.1 Å². The zero-order chi connectivity index (χ0) is 12.3. The molecule has 0 radical (unpaired) electrons. The van der Waals surface area contributed by atoms with Gasteiger partial charge in [0.2, 0.25) is 0 Å². The number of hydrogen-bond acceptors (Lipinski definition) is 2. The Morgan fingerprint density at radius 3 is 2.35 bits per heavy atom. The molecular weight excluding hydrogens is 214 g/mol. The Morgan fingerprint density at radius 2 is 1.76 bits per heavy atom. The molecular formula is C13H19N3O. The van der Waals surface area contributed by atoms with E-state index in [1.165, 1.54) is 11.1 Å². The highest BCUT2D eigenvalue weighted by atomic mass is 16.5. The van der Waals surface area contributed by atoms with E-state index in [0.717, 1.165) is 32.0 Å². The first kappa shape index (κ1) is 11.9. The first-order chi connectivity index (χ1) is 8.15. The Bertz CT molecular complexity index is 402. The lowest BCUT2D eigenvalue weighted by Crippen LogP contribution is -2.44. The minimum Gasteiger partial charge on any atom is -0.378 e. The molecule has 0 amide bonds. The van der Waals surface area contributed by atoms with Gasteiger partial charge in [0.1, 0.15) is 0 Å². The molecule has 0 atom stereocenters. The summed E-state index contributed by atoms with van der Waals surface area (Å²) in [4.78, 5) is 6.53. The fraction of sp³-hybridized carbons (Fsp3) is 0.462. The summed E-state index contributed by atoms with van der Waals surface area (Å²) >= 11 is 0. The van der Waals surface area contributed by atoms with E-state index >= 15 is 0 Å². The smallest absolute Gasteiger partial charge is 0.196 e. The monoisotopic (exact) mass is 233 g/mol. The molecule has 2 rings (SSSR count). The third-order valence-electron chi connectivity index (χ3n) is 2.79. The average molecular weight is 233 g/mol. The number of hydrogen-bond donors (Lipinski definition) is 1. The van der Waals surface area contributed by atoms with Crippen molar-refractivity contribution in [2.75, 3.05) is 26.3 Å². The van der Waals surface area contributed by atoms with E-state index in [2.05, 4.69) is 29.8 Å². The minimum atomic E-state index is 0.582. The fourth-order valence-electron chi connectivity index (χ4n) is 2.01. The molecule has 92 valence electrons. The molecule has 0 aromatic heterocycles. The van der Waals surface area contributed by atoms with E-state index in [4.69, 9.17) is 10.5 Å². The number of aliphatic imine (C=N–C) groups is 1. The number of nitrogens with zero attached hydrogens (tertiary/aromatic N) is 2. The van der Waals surface area contributed by atoms with Gasteiger partial charge >= 0.3 is 0 Å². The van der Waals surface area contributed by atoms with E-state index in [-0.39, 0.29) is 0 Å². The molecule has 1 aliphatic heterocycles. The van der Waals surface area contributed by atoms with Crippen molar-refractivity contribution in [2.45, 2.75) is 13.8 Å². The molecule has 1 heterocycles. The van der Waals surface area contributed by atoms with Gasteiger partial charge in [0.15, 0.2) is 5.96 Å². The maximum Gasteiger partial charge on any atom is 0.196 e. The molecule has 1 fully saturated rings. The summed E-state index contributed by atoms with van der Waals surface area (Å²) in [6, 6.07) is 6.21. The average Bonchev–Trinajstić information content (AvgIpc) is 2.28. The Kier molecular flexibility index (Phi) is 3.64. The van der Waals surface area contributed by atoms with Gasteiger partial charge in [0.25, 0.3) is 0 Å². The fourth-order valence-corrected chi connectivity index (χ4v) is 2.01. The van der Waals surface area contributed by atoms with Crippen LogP contribution in [0.3, 0.4) is 0 Å². The molecule has 1 aromatic carbocycles. The maximum atomic E-state index is 6.00. The number of morpholine rings is 1. The van der Waals surface area contributed by atoms with Crippen molar-refractivity contribution in [3.8, 4) is 0 Å². The van der Waals surface area contributed by atoms with Crippen LogP contribution in [0.2, 0.25) is 0 Å². The van der Waals surface area contributed by atoms with E-state index < -0.39 is 0 Å². The van der Waals surface area contributed by atoms with Crippen LogP contribution in [-0.2, 0) is 4.74 Å². The summed E-state index contributed by atoms with van der Waals surface area (Å²) in [7, 11) is 0. The number of aryl methyl sites for hydroxylation is 2. The molecule has 4 nitrogen and oxygen atoms in total. The van der Waals surface area contributed by atoms with Crippen molar-refractivity contribution in [3.05, 3.63) is 29.3 Å². The second-order valence-electron chi connectivity index (χ2n) is 4.42. The van der Waals surface area contributed by atoms with Crippen LogP contribution >= 0.6 is 0 Å². The number of benzene rings is 1. The zero-order valence-electron chi connectivity index (χ0n) is 10.4. The zero-order valence-corrected chi connectivity index (χ0v) is 10.4. The first-order valence-corrected chi connectivity index (χ1v) is 5.90. The summed E-state index contributed by atoms with van der Waals surface area (Å²) in [6.45, 7) is 7.22. The molecule has 1 saturated heterocycles. The standard InChI is InChI=1S/C13H19N3O/c1-10-7-11(2)9-12(8-10)15-13(14)16-3-5-17-6-4-16/h7-9H,3-6H2,1-2H3,(H2,14,15). The predicted molar refractivity (Wildman–Crippen MR) is 69.6 cm³/mol. The molecule has 1 aromatic rings. The van der Waals surface area contributed by atoms with Crippen molar-refractivity contribution >= 4 is 11.6 Å². The SMILES string of the molecule is Cc1cc(C)cc(N=C(N)N2CCOCC2)c1. The molecule has 0 bridgehead atoms. The normalized spacial score (nSPS) is 17.3. The van der Waals surface area contributed by atoms with Gasteiger partial charge in [-0.15, -0.1) is 0 Å². The maximum absolute atomic E-state index is 6.00. The van der Waals surface area contributed by atoms with Crippen LogP contribution in [0, 0.1) is 13.8 Å². The van der Waals surface area contributed by atoms with Crippen LogP contribution in [0.5, 0.6) is 0 Å². The highest BCUT2D eigenvalue weighted by Gasteiger charge is 2.12. The molecule has 0 saturated carbocycles. The van der Waals surface area contributed by atoms with Crippen LogP contribution in [0.1, 0.15) is 11.1 Å². The van der Waals surface area contributed by atoms with Gasteiger partial charge in [-0.3, -0.25) is 0 Å². The van der Waals surface area contributed by atoms with Gasteiger partial charge in [-0.25, -0.2) is 4.99 Å². The van der Waals surface area contributed by atoms with Crippen LogP contribution < -0.4 is 5.73 Å². The van der Waals surface area contributed by atoms with Crippen molar-refractivity contribution in [2.24, 2.45) is 10.7 Å². The molecule has 1 aliphatic rings. The second kappa shape index (κ2) is 5.19. The van der Waals surface area contributed by atoms with Crippen molar-refractivity contribution in [3.63, 3.8) is 0 Å². The van der Waals surface area contributed by atoms with Crippen LogP contribution in [0.15, 0.2) is 23.2 Å². The highest BCUT2D eigenvalue weighted by molar-refractivity contribution is 5.81. The summed E-state index contributed by atoms with van der Waals surface area (Å²) in [6.07, 6.45) is 0. The van der Waals surface area contributed by atoms with E-state index in [0.29, 0.717) is 5.96 Å². The van der Waals surface area contributed by atoms with Gasteiger partial charge in [-0.05, 0) is 37.1 Å². The Hall–Kier alpha value is -1.55. The third-order valence-corrected chi connectivity index (χ3v) is 2.79. The predicted octanol–water partition coefficient (Wildman–Crippen LogP) is 1.58. The van der Waals surface area contributed by atoms with Gasteiger partial charge < -0.3 is 15.4 Å². The lowest BCUT2D eigenvalue weighted by atomic mass is 10.1. The van der Waals surface area contributed by atoms with Crippen LogP contribution in [0.4, 0.5) is 5.69 Å². The number of guanidine groups is 1. The number of rotatable bonds is 1. The molecule has 0 spiro atoms. The summed E-state index contributed by atoms with van der Waals surface area (Å²) in [5, 5.41) is 0. The topological polar surface area (TPSA) is 50.8 Å². The van der Waals surface area contributed by atoms with E-state index in [9.17, 15) is 0 Å². The molecule has 17 heavy (non-hydrogen) atoms. The minimum absolute atomic E-state index is 0.582. The lowest BCUT2D eigenvalue weighted by Gasteiger charge is -2.27. The molecule has 4 heteroatoms. The van der Waals surface area contributed by atoms with Crippen LogP contribution in [-0.4, -0.2) is 37.2 Å². The third kappa shape index (κ3) is 3.20. The van der Waals surface area contributed by atoms with Crippen molar-refractivity contribution in [1.82, 2.24) is 4.90 Å². The highest BCUT2D eigenvalue weighted by Crippen LogP contribution is 2.17. The van der Waals surface area contributed by atoms with E-state index in [1.807, 2.05) is 12.1 Å². The Balaban J connectivity index is 2.16. The second-order valence-corrected chi connectivity index (χ2v) is 4.42. The Morgan fingerprint density at radius 1 is 1.18 bits per heavy atom. The van der Waals surface area contributed by atoms with Gasteiger partial charge in [0.05, 0.1) is 18.9 Å². The molecule has 0 aliphatic carbocycles. The number of ether oxygens (including phenoxy) is 1. The Labute approximate surface area is 102 Å².